The normalized spacial score (nSPS) is 17.7. The van der Waals surface area contributed by atoms with Crippen LogP contribution in [0.25, 0.3) is 17.5 Å². The topological polar surface area (TPSA) is 92.9 Å². The Hall–Kier alpha value is -3.03. The van der Waals surface area contributed by atoms with Crippen LogP contribution in [-0.4, -0.2) is 30.8 Å². The molecule has 7 nitrogen and oxygen atoms in total. The Morgan fingerprint density at radius 2 is 2.07 bits per heavy atom. The van der Waals surface area contributed by atoms with E-state index in [-0.39, 0.29) is 11.8 Å². The Balaban J connectivity index is 1.77. The largest absolute Gasteiger partial charge is 0.384 e. The number of aromatic nitrogens is 4. The lowest BCUT2D eigenvalue weighted by molar-refractivity contribution is 0.0917. The standard InChI is InChI=1S/C21H18ClN5O2/c1-11(28)27-18(12-6-7-12)15-8-9-17(29)13-4-2-3-5-14(13)19-23-10-16(22)21(24-19)25-20(15)26-27/h2-5,8-10,12,17,29H,6-7H2,1H3,(H,23,24,25,26). The molecule has 1 aromatic carbocycles. The fourth-order valence-corrected chi connectivity index (χ4v) is 3.77. The first-order valence-corrected chi connectivity index (χ1v) is 9.79. The second kappa shape index (κ2) is 6.79. The van der Waals surface area contributed by atoms with Crippen LogP contribution >= 0.6 is 11.6 Å². The third-order valence-electron chi connectivity index (χ3n) is 5.17. The zero-order valence-corrected chi connectivity index (χ0v) is 16.4. The van der Waals surface area contributed by atoms with Gasteiger partial charge in [0.05, 0.1) is 18.0 Å². The number of halogens is 1. The molecule has 0 radical (unpaired) electrons. The van der Waals surface area contributed by atoms with Crippen LogP contribution in [-0.2, 0) is 0 Å². The minimum atomic E-state index is -0.868. The van der Waals surface area contributed by atoms with Crippen molar-refractivity contribution in [2.75, 3.05) is 5.32 Å². The minimum Gasteiger partial charge on any atom is -0.384 e. The molecule has 146 valence electrons. The molecular weight excluding hydrogens is 390 g/mol. The van der Waals surface area contributed by atoms with Crippen LogP contribution in [0.3, 0.4) is 0 Å². The predicted molar refractivity (Wildman–Crippen MR) is 110 cm³/mol. The van der Waals surface area contributed by atoms with Gasteiger partial charge in [-0.05, 0) is 18.4 Å². The number of aliphatic hydroxyl groups excluding tert-OH is 1. The van der Waals surface area contributed by atoms with Gasteiger partial charge in [0.25, 0.3) is 0 Å². The number of aliphatic hydroxyl groups is 1. The van der Waals surface area contributed by atoms with Crippen molar-refractivity contribution >= 4 is 35.2 Å². The number of anilines is 2. The summed E-state index contributed by atoms with van der Waals surface area (Å²) < 4.78 is 1.43. The van der Waals surface area contributed by atoms with Gasteiger partial charge in [-0.2, -0.15) is 0 Å². The summed E-state index contributed by atoms with van der Waals surface area (Å²) in [6.45, 7) is 1.49. The van der Waals surface area contributed by atoms with Gasteiger partial charge >= 0.3 is 0 Å². The Kier molecular flexibility index (Phi) is 4.22. The number of nitrogens with one attached hydrogen (secondary N) is 1. The van der Waals surface area contributed by atoms with E-state index in [1.54, 1.807) is 6.08 Å². The lowest BCUT2D eigenvalue weighted by Gasteiger charge is -2.12. The highest BCUT2D eigenvalue weighted by molar-refractivity contribution is 6.32. The molecule has 1 atom stereocenters. The van der Waals surface area contributed by atoms with Crippen LogP contribution in [0.15, 0.2) is 36.5 Å². The fraction of sp³-hybridized carbons (Fsp3) is 0.238. The molecule has 5 rings (SSSR count). The first-order valence-electron chi connectivity index (χ1n) is 9.42. The smallest absolute Gasteiger partial charge is 0.244 e. The highest BCUT2D eigenvalue weighted by Gasteiger charge is 2.33. The fourth-order valence-electron chi connectivity index (χ4n) is 3.64. The second-order valence-corrected chi connectivity index (χ2v) is 7.67. The zero-order chi connectivity index (χ0) is 20.1. The van der Waals surface area contributed by atoms with Gasteiger partial charge in [-0.3, -0.25) is 4.79 Å². The van der Waals surface area contributed by atoms with E-state index >= 15 is 0 Å². The van der Waals surface area contributed by atoms with Crippen molar-refractivity contribution in [3.8, 4) is 11.4 Å². The highest BCUT2D eigenvalue weighted by Crippen LogP contribution is 2.45. The van der Waals surface area contributed by atoms with E-state index in [2.05, 4.69) is 20.4 Å². The Morgan fingerprint density at radius 1 is 1.28 bits per heavy atom. The molecule has 1 aliphatic carbocycles. The third kappa shape index (κ3) is 3.12. The van der Waals surface area contributed by atoms with Crippen LogP contribution in [0.2, 0.25) is 5.02 Å². The molecule has 1 aliphatic heterocycles. The molecule has 2 N–H and O–H groups in total. The Morgan fingerprint density at radius 3 is 2.83 bits per heavy atom. The molecule has 0 saturated heterocycles. The molecule has 29 heavy (non-hydrogen) atoms. The first kappa shape index (κ1) is 18.0. The average Bonchev–Trinajstić information content (AvgIpc) is 3.49. The monoisotopic (exact) mass is 407 g/mol. The Bertz CT molecular complexity index is 1170. The van der Waals surface area contributed by atoms with E-state index in [9.17, 15) is 9.90 Å². The Labute approximate surface area is 172 Å². The highest BCUT2D eigenvalue weighted by atomic mass is 35.5. The first-order chi connectivity index (χ1) is 14.0. The molecule has 8 heteroatoms. The van der Waals surface area contributed by atoms with Crippen molar-refractivity contribution in [3.05, 3.63) is 58.4 Å². The summed E-state index contributed by atoms with van der Waals surface area (Å²) in [6, 6.07) is 7.44. The van der Waals surface area contributed by atoms with E-state index < -0.39 is 6.10 Å². The van der Waals surface area contributed by atoms with Gasteiger partial charge in [0, 0.05) is 24.0 Å². The van der Waals surface area contributed by atoms with E-state index in [0.29, 0.717) is 28.0 Å². The number of nitrogens with zero attached hydrogens (tertiary/aromatic N) is 4. The van der Waals surface area contributed by atoms with Gasteiger partial charge in [-0.25, -0.2) is 14.6 Å². The predicted octanol–water partition coefficient (Wildman–Crippen LogP) is 4.33. The average molecular weight is 408 g/mol. The van der Waals surface area contributed by atoms with Crippen molar-refractivity contribution in [2.24, 2.45) is 0 Å². The van der Waals surface area contributed by atoms with E-state index in [1.165, 1.54) is 17.8 Å². The molecule has 0 spiro atoms. The molecule has 1 saturated carbocycles. The molecule has 1 unspecified atom stereocenters. The van der Waals surface area contributed by atoms with E-state index in [0.717, 1.165) is 29.7 Å². The number of hydrogen-bond donors (Lipinski definition) is 2. The number of hydrogen-bond acceptors (Lipinski definition) is 6. The van der Waals surface area contributed by atoms with Crippen LogP contribution in [0.1, 0.15) is 53.4 Å². The van der Waals surface area contributed by atoms with Gasteiger partial charge in [0.1, 0.15) is 5.02 Å². The summed E-state index contributed by atoms with van der Waals surface area (Å²) in [4.78, 5) is 21.1. The summed E-state index contributed by atoms with van der Waals surface area (Å²) in [6.07, 6.45) is 6.18. The summed E-state index contributed by atoms with van der Waals surface area (Å²) in [7, 11) is 0. The molecule has 0 amide bonds. The summed E-state index contributed by atoms with van der Waals surface area (Å²) in [5, 5.41) is 18.9. The number of carbonyl (C=O) groups is 1. The van der Waals surface area contributed by atoms with E-state index in [1.807, 2.05) is 30.3 Å². The SMILES string of the molecule is CC(=O)n1nc2c(c1C1CC1)C=CC(O)c1ccccc1-c1ncc(Cl)c(n1)N2. The van der Waals surface area contributed by atoms with Crippen molar-refractivity contribution in [2.45, 2.75) is 31.8 Å². The van der Waals surface area contributed by atoms with Crippen LogP contribution in [0.4, 0.5) is 11.6 Å². The van der Waals surface area contributed by atoms with Crippen molar-refractivity contribution in [1.29, 1.82) is 0 Å². The van der Waals surface area contributed by atoms with E-state index in [4.69, 9.17) is 11.6 Å². The lowest BCUT2D eigenvalue weighted by Crippen LogP contribution is -2.11. The summed E-state index contributed by atoms with van der Waals surface area (Å²) in [5.41, 5.74) is 3.02. The van der Waals surface area contributed by atoms with Crippen LogP contribution in [0, 0.1) is 0 Å². The van der Waals surface area contributed by atoms with Crippen molar-refractivity contribution in [3.63, 3.8) is 0 Å². The number of carbonyl (C=O) groups excluding carboxylic acids is 1. The molecule has 3 aromatic rings. The maximum absolute atomic E-state index is 12.2. The maximum Gasteiger partial charge on any atom is 0.244 e. The van der Waals surface area contributed by atoms with Crippen LogP contribution < -0.4 is 5.32 Å². The number of rotatable bonds is 1. The molecule has 1 fully saturated rings. The number of fused-ring (bicyclic) bond motifs is 5. The molecule has 2 aliphatic rings. The third-order valence-corrected chi connectivity index (χ3v) is 5.44. The quantitative estimate of drug-likeness (QED) is 0.623. The van der Waals surface area contributed by atoms with Gasteiger partial charge < -0.3 is 10.4 Å². The second-order valence-electron chi connectivity index (χ2n) is 7.26. The van der Waals surface area contributed by atoms with Gasteiger partial charge in [-0.15, -0.1) is 5.10 Å². The summed E-state index contributed by atoms with van der Waals surface area (Å²) >= 11 is 6.34. The van der Waals surface area contributed by atoms with Gasteiger partial charge in [-0.1, -0.05) is 48.0 Å². The maximum atomic E-state index is 12.2. The molecule has 3 heterocycles. The van der Waals surface area contributed by atoms with Gasteiger partial charge in [0.15, 0.2) is 17.5 Å². The summed E-state index contributed by atoms with van der Waals surface area (Å²) in [5.74, 6) is 1.42. The van der Waals surface area contributed by atoms with Crippen LogP contribution in [0.5, 0.6) is 0 Å². The number of benzene rings is 1. The lowest BCUT2D eigenvalue weighted by atomic mass is 10.0. The molecule has 2 bridgehead atoms. The minimum absolute atomic E-state index is 0.165. The van der Waals surface area contributed by atoms with Crippen molar-refractivity contribution < 1.29 is 9.90 Å². The van der Waals surface area contributed by atoms with Gasteiger partial charge in [0.2, 0.25) is 5.91 Å². The van der Waals surface area contributed by atoms with Crippen molar-refractivity contribution in [1.82, 2.24) is 19.7 Å². The zero-order valence-electron chi connectivity index (χ0n) is 15.6. The molecule has 2 aromatic heterocycles. The molecular formula is C21H18ClN5O2.